The SMILES string of the molecule is C=C1c2ccccc2C(=O)c2c(N)c(S)cc(Nc3ccc(Nc4nc(Cl)nc(Cl)n4)cc3)c21. The predicted molar refractivity (Wildman–Crippen MR) is 139 cm³/mol. The van der Waals surface area contributed by atoms with Crippen molar-refractivity contribution in [2.45, 2.75) is 4.90 Å². The van der Waals surface area contributed by atoms with E-state index in [1.165, 1.54) is 0 Å². The van der Waals surface area contributed by atoms with Crippen LogP contribution in [0.4, 0.5) is 28.7 Å². The Bertz CT molecular complexity index is 1470. The fourth-order valence-corrected chi connectivity index (χ4v) is 4.45. The zero-order valence-electron chi connectivity index (χ0n) is 17.4. The molecule has 0 bridgehead atoms. The van der Waals surface area contributed by atoms with Crippen molar-refractivity contribution in [3.63, 3.8) is 0 Å². The standard InChI is InChI=1S/C24H16Cl2N6OS/c1-11-14-4-2-3-5-15(14)21(33)19-18(11)16(10-17(34)20(19)27)28-12-6-8-13(9-7-12)29-24-31-22(25)30-23(26)32-24/h2-10,28,34H,1,27H2,(H,29,30,31,32). The van der Waals surface area contributed by atoms with Crippen molar-refractivity contribution in [3.05, 3.63) is 94.0 Å². The Hall–Kier alpha value is -3.59. The molecule has 1 heterocycles. The van der Waals surface area contributed by atoms with Crippen molar-refractivity contribution in [2.24, 2.45) is 0 Å². The summed E-state index contributed by atoms with van der Waals surface area (Å²) in [5, 5.41) is 6.37. The summed E-state index contributed by atoms with van der Waals surface area (Å²) < 4.78 is 0. The third kappa shape index (κ3) is 3.96. The summed E-state index contributed by atoms with van der Waals surface area (Å²) in [6, 6.07) is 16.5. The number of thiol groups is 1. The first-order chi connectivity index (χ1) is 16.3. The second-order valence-corrected chi connectivity index (χ2v) is 8.64. The smallest absolute Gasteiger partial charge is 0.232 e. The minimum atomic E-state index is -0.149. The van der Waals surface area contributed by atoms with Gasteiger partial charge < -0.3 is 16.4 Å². The van der Waals surface area contributed by atoms with Gasteiger partial charge in [0.15, 0.2) is 5.78 Å². The van der Waals surface area contributed by atoms with Crippen LogP contribution >= 0.6 is 35.8 Å². The number of carbonyl (C=O) groups is 1. The molecule has 0 aliphatic heterocycles. The molecule has 4 aromatic rings. The van der Waals surface area contributed by atoms with Crippen LogP contribution in [0.1, 0.15) is 27.0 Å². The van der Waals surface area contributed by atoms with Crippen molar-refractivity contribution in [1.82, 2.24) is 15.0 Å². The monoisotopic (exact) mass is 506 g/mol. The highest BCUT2D eigenvalue weighted by Gasteiger charge is 2.31. The van der Waals surface area contributed by atoms with Gasteiger partial charge in [-0.15, -0.1) is 12.6 Å². The van der Waals surface area contributed by atoms with Gasteiger partial charge in [0.05, 0.1) is 11.3 Å². The van der Waals surface area contributed by atoms with Crippen LogP contribution in [-0.2, 0) is 0 Å². The third-order valence-corrected chi connectivity index (χ3v) is 6.08. The lowest BCUT2D eigenvalue weighted by molar-refractivity contribution is 0.103. The summed E-state index contributed by atoms with van der Waals surface area (Å²) >= 11 is 16.1. The molecular weight excluding hydrogens is 491 g/mol. The fraction of sp³-hybridized carbons (Fsp3) is 0. The molecular formula is C24H16Cl2N6OS. The number of carbonyl (C=O) groups excluding carboxylic acids is 1. The Kier molecular flexibility index (Phi) is 5.65. The maximum absolute atomic E-state index is 13.3. The molecule has 5 rings (SSSR count). The number of fused-ring (bicyclic) bond motifs is 2. The van der Waals surface area contributed by atoms with Gasteiger partial charge in [0, 0.05) is 33.1 Å². The van der Waals surface area contributed by atoms with Crippen molar-refractivity contribution in [2.75, 3.05) is 16.4 Å². The number of aromatic nitrogens is 3. The molecule has 34 heavy (non-hydrogen) atoms. The first kappa shape index (κ1) is 22.2. The predicted octanol–water partition coefficient (Wildman–Crippen LogP) is 6.14. The van der Waals surface area contributed by atoms with Gasteiger partial charge in [0.2, 0.25) is 16.5 Å². The summed E-state index contributed by atoms with van der Waals surface area (Å²) in [5.74, 6) is 0.0789. The molecule has 3 aromatic carbocycles. The van der Waals surface area contributed by atoms with Crippen LogP contribution in [0.3, 0.4) is 0 Å². The average molecular weight is 507 g/mol. The number of rotatable bonds is 4. The summed E-state index contributed by atoms with van der Waals surface area (Å²) in [6.07, 6.45) is 0. The normalized spacial score (nSPS) is 12.2. The van der Waals surface area contributed by atoms with Crippen LogP contribution in [0.2, 0.25) is 10.6 Å². The van der Waals surface area contributed by atoms with E-state index < -0.39 is 0 Å². The Morgan fingerprint density at radius 1 is 0.853 bits per heavy atom. The Morgan fingerprint density at radius 3 is 2.09 bits per heavy atom. The van der Waals surface area contributed by atoms with E-state index in [4.69, 9.17) is 28.9 Å². The zero-order valence-corrected chi connectivity index (χ0v) is 19.8. The molecule has 0 saturated carbocycles. The van der Waals surface area contributed by atoms with Crippen LogP contribution in [0.15, 0.2) is 66.1 Å². The molecule has 0 fully saturated rings. The second-order valence-electron chi connectivity index (χ2n) is 7.48. The van der Waals surface area contributed by atoms with Gasteiger partial charge in [0.25, 0.3) is 0 Å². The summed E-state index contributed by atoms with van der Waals surface area (Å²) in [6.45, 7) is 4.26. The maximum Gasteiger partial charge on any atom is 0.232 e. The van der Waals surface area contributed by atoms with E-state index in [0.29, 0.717) is 38.6 Å². The van der Waals surface area contributed by atoms with Gasteiger partial charge in [-0.2, -0.15) is 15.0 Å². The Labute approximate surface area is 210 Å². The van der Waals surface area contributed by atoms with Gasteiger partial charge in [-0.25, -0.2) is 0 Å². The molecule has 1 aliphatic rings. The van der Waals surface area contributed by atoms with E-state index in [0.717, 1.165) is 16.8 Å². The van der Waals surface area contributed by atoms with Crippen LogP contribution < -0.4 is 16.4 Å². The van der Waals surface area contributed by atoms with Crippen molar-refractivity contribution < 1.29 is 4.79 Å². The van der Waals surface area contributed by atoms with E-state index in [-0.39, 0.29) is 22.3 Å². The van der Waals surface area contributed by atoms with E-state index in [1.54, 1.807) is 12.1 Å². The third-order valence-electron chi connectivity index (χ3n) is 5.37. The highest BCUT2D eigenvalue weighted by Crippen LogP contribution is 2.44. The first-order valence-electron chi connectivity index (χ1n) is 10.0. The number of anilines is 5. The van der Waals surface area contributed by atoms with Gasteiger partial charge in [-0.1, -0.05) is 30.8 Å². The minimum Gasteiger partial charge on any atom is -0.397 e. The number of nitrogen functional groups attached to an aromatic ring is 1. The molecule has 0 radical (unpaired) electrons. The largest absolute Gasteiger partial charge is 0.397 e. The number of nitrogens with one attached hydrogen (secondary N) is 2. The number of benzene rings is 3. The summed E-state index contributed by atoms with van der Waals surface area (Å²) in [7, 11) is 0. The lowest BCUT2D eigenvalue weighted by atomic mass is 9.80. The first-order valence-corrected chi connectivity index (χ1v) is 11.2. The molecule has 0 atom stereocenters. The summed E-state index contributed by atoms with van der Waals surface area (Å²) in [4.78, 5) is 25.5. The lowest BCUT2D eigenvalue weighted by Crippen LogP contribution is -2.18. The Balaban J connectivity index is 1.48. The highest BCUT2D eigenvalue weighted by atomic mass is 35.5. The lowest BCUT2D eigenvalue weighted by Gasteiger charge is -2.26. The number of hydrogen-bond donors (Lipinski definition) is 4. The molecule has 0 unspecified atom stereocenters. The maximum atomic E-state index is 13.3. The van der Waals surface area contributed by atoms with Crippen molar-refractivity contribution in [1.29, 1.82) is 0 Å². The van der Waals surface area contributed by atoms with Crippen LogP contribution in [0.5, 0.6) is 0 Å². The number of ketones is 1. The number of nitrogens with two attached hydrogens (primary N) is 1. The number of halogens is 2. The molecule has 0 spiro atoms. The van der Waals surface area contributed by atoms with E-state index in [2.05, 4.69) is 44.8 Å². The minimum absolute atomic E-state index is 0.00665. The van der Waals surface area contributed by atoms with Crippen LogP contribution in [0, 0.1) is 0 Å². The van der Waals surface area contributed by atoms with Crippen LogP contribution in [-0.4, -0.2) is 20.7 Å². The number of hydrogen-bond acceptors (Lipinski definition) is 8. The molecule has 1 aliphatic carbocycles. The van der Waals surface area contributed by atoms with Crippen molar-refractivity contribution >= 4 is 75.9 Å². The zero-order chi connectivity index (χ0) is 24.0. The fourth-order valence-electron chi connectivity index (χ4n) is 3.85. The molecule has 0 amide bonds. The highest BCUT2D eigenvalue weighted by molar-refractivity contribution is 7.80. The van der Waals surface area contributed by atoms with Gasteiger partial charge in [0.1, 0.15) is 0 Å². The van der Waals surface area contributed by atoms with Crippen LogP contribution in [0.25, 0.3) is 5.57 Å². The second kappa shape index (κ2) is 8.64. The van der Waals surface area contributed by atoms with E-state index in [9.17, 15) is 4.79 Å². The molecule has 1 aromatic heterocycles. The quantitative estimate of drug-likeness (QED) is 0.171. The molecule has 10 heteroatoms. The average Bonchev–Trinajstić information content (AvgIpc) is 2.80. The number of nitrogens with zero attached hydrogens (tertiary/aromatic N) is 3. The van der Waals surface area contributed by atoms with Gasteiger partial charge >= 0.3 is 0 Å². The summed E-state index contributed by atoms with van der Waals surface area (Å²) in [5.41, 5.74) is 11.9. The van der Waals surface area contributed by atoms with E-state index >= 15 is 0 Å². The molecule has 7 nitrogen and oxygen atoms in total. The van der Waals surface area contributed by atoms with E-state index in [1.807, 2.05) is 42.5 Å². The van der Waals surface area contributed by atoms with Crippen molar-refractivity contribution in [3.8, 4) is 0 Å². The van der Waals surface area contributed by atoms with Gasteiger partial charge in [-0.3, -0.25) is 4.79 Å². The Morgan fingerprint density at radius 2 is 1.44 bits per heavy atom. The molecule has 4 N–H and O–H groups in total. The van der Waals surface area contributed by atoms with Gasteiger partial charge in [-0.05, 0) is 64.7 Å². The molecule has 0 saturated heterocycles. The topological polar surface area (TPSA) is 106 Å². The molecule has 168 valence electrons.